The van der Waals surface area contributed by atoms with Crippen LogP contribution in [0, 0.1) is 5.92 Å². The summed E-state index contributed by atoms with van der Waals surface area (Å²) < 4.78 is 0. The van der Waals surface area contributed by atoms with Crippen molar-refractivity contribution in [3.05, 3.63) is 0 Å². The van der Waals surface area contributed by atoms with Crippen molar-refractivity contribution in [1.29, 1.82) is 0 Å². The lowest BCUT2D eigenvalue weighted by Crippen LogP contribution is -2.43. The van der Waals surface area contributed by atoms with Crippen LogP contribution in [0.3, 0.4) is 0 Å². The summed E-state index contributed by atoms with van der Waals surface area (Å²) in [5.41, 5.74) is 5.76. The second kappa shape index (κ2) is 5.69. The molecule has 1 aliphatic rings. The Morgan fingerprint density at radius 3 is 2.71 bits per heavy atom. The topological polar surface area (TPSA) is 49.5 Å². The molecule has 1 saturated carbocycles. The average Bonchev–Trinajstić information content (AvgIpc) is 2.61. The largest absolute Gasteiger partial charge is 0.392 e. The first-order chi connectivity index (χ1) is 6.69. The lowest BCUT2D eigenvalue weighted by molar-refractivity contribution is 0.0884. The molecular weight excluding hydrogens is 176 g/mol. The third-order valence-corrected chi connectivity index (χ3v) is 3.30. The van der Waals surface area contributed by atoms with Crippen molar-refractivity contribution in [1.82, 2.24) is 4.90 Å². The highest BCUT2D eigenvalue weighted by molar-refractivity contribution is 4.86. The van der Waals surface area contributed by atoms with Crippen LogP contribution in [0.5, 0.6) is 0 Å². The van der Waals surface area contributed by atoms with Crippen LogP contribution >= 0.6 is 0 Å². The van der Waals surface area contributed by atoms with Gasteiger partial charge < -0.3 is 10.8 Å². The van der Waals surface area contributed by atoms with E-state index >= 15 is 0 Å². The quantitative estimate of drug-likeness (QED) is 0.690. The Hall–Kier alpha value is -0.120. The lowest BCUT2D eigenvalue weighted by Gasteiger charge is -2.32. The van der Waals surface area contributed by atoms with Gasteiger partial charge in [-0.15, -0.1) is 0 Å². The minimum absolute atomic E-state index is 0.228. The zero-order valence-electron chi connectivity index (χ0n) is 9.45. The maximum atomic E-state index is 9.40. The molecule has 0 amide bonds. The second-order valence-corrected chi connectivity index (χ2v) is 4.43. The molecule has 14 heavy (non-hydrogen) atoms. The van der Waals surface area contributed by atoms with E-state index in [1.54, 1.807) is 0 Å². The van der Waals surface area contributed by atoms with Gasteiger partial charge in [0.2, 0.25) is 0 Å². The number of hydrogen-bond acceptors (Lipinski definition) is 3. The van der Waals surface area contributed by atoms with Gasteiger partial charge in [-0.3, -0.25) is 4.90 Å². The van der Waals surface area contributed by atoms with Crippen LogP contribution in [0.4, 0.5) is 0 Å². The van der Waals surface area contributed by atoms with Gasteiger partial charge >= 0.3 is 0 Å². The number of aliphatic hydroxyl groups excluding tert-OH is 1. The number of aliphatic hydroxyl groups is 1. The van der Waals surface area contributed by atoms with Gasteiger partial charge in [0.25, 0.3) is 0 Å². The molecule has 1 rings (SSSR count). The first kappa shape index (κ1) is 12.0. The molecule has 0 aromatic rings. The maximum absolute atomic E-state index is 9.40. The van der Waals surface area contributed by atoms with E-state index in [1.165, 1.54) is 19.3 Å². The van der Waals surface area contributed by atoms with E-state index in [9.17, 15) is 5.11 Å². The fourth-order valence-electron chi connectivity index (χ4n) is 2.61. The van der Waals surface area contributed by atoms with Crippen molar-refractivity contribution in [3.63, 3.8) is 0 Å². The number of rotatable bonds is 5. The number of likely N-dealkylation sites (N-methyl/N-ethyl adjacent to an activating group) is 1. The van der Waals surface area contributed by atoms with E-state index in [0.717, 1.165) is 19.6 Å². The highest BCUT2D eigenvalue weighted by atomic mass is 16.3. The van der Waals surface area contributed by atoms with Gasteiger partial charge in [0.1, 0.15) is 0 Å². The van der Waals surface area contributed by atoms with Crippen molar-refractivity contribution in [3.8, 4) is 0 Å². The molecule has 0 spiro atoms. The molecule has 0 bridgehead atoms. The minimum Gasteiger partial charge on any atom is -0.392 e. The van der Waals surface area contributed by atoms with E-state index in [0.29, 0.717) is 12.0 Å². The molecule has 1 fully saturated rings. The zero-order valence-corrected chi connectivity index (χ0v) is 9.45. The van der Waals surface area contributed by atoms with Gasteiger partial charge in [0.05, 0.1) is 6.10 Å². The summed E-state index contributed by atoms with van der Waals surface area (Å²) in [6, 6.07) is 0.611. The van der Waals surface area contributed by atoms with Gasteiger partial charge in [-0.2, -0.15) is 0 Å². The Kier molecular flexibility index (Phi) is 4.85. The van der Waals surface area contributed by atoms with E-state index in [4.69, 9.17) is 5.73 Å². The fraction of sp³-hybridized carbons (Fsp3) is 1.00. The monoisotopic (exact) mass is 200 g/mol. The van der Waals surface area contributed by atoms with Crippen LogP contribution in [-0.2, 0) is 0 Å². The molecule has 1 aliphatic carbocycles. The fourth-order valence-corrected chi connectivity index (χ4v) is 2.61. The van der Waals surface area contributed by atoms with Gasteiger partial charge in [-0.1, -0.05) is 13.3 Å². The van der Waals surface area contributed by atoms with Crippen LogP contribution in [0.25, 0.3) is 0 Å². The Morgan fingerprint density at radius 1 is 1.50 bits per heavy atom. The summed E-state index contributed by atoms with van der Waals surface area (Å²) >= 11 is 0. The SMILES string of the molecule is CCN(C[C@@H](C)O)C1CCCC1CN. The van der Waals surface area contributed by atoms with Crippen molar-refractivity contribution < 1.29 is 5.11 Å². The van der Waals surface area contributed by atoms with Crippen molar-refractivity contribution in [2.75, 3.05) is 19.6 Å². The summed E-state index contributed by atoms with van der Waals surface area (Å²) in [5.74, 6) is 0.647. The Bertz CT molecular complexity index is 161. The molecule has 0 aromatic carbocycles. The summed E-state index contributed by atoms with van der Waals surface area (Å²) in [7, 11) is 0. The van der Waals surface area contributed by atoms with Crippen LogP contribution < -0.4 is 5.73 Å². The molecule has 0 aromatic heterocycles. The van der Waals surface area contributed by atoms with Crippen LogP contribution in [0.1, 0.15) is 33.1 Å². The van der Waals surface area contributed by atoms with Crippen LogP contribution in [-0.4, -0.2) is 41.8 Å². The molecule has 3 heteroatoms. The smallest absolute Gasteiger partial charge is 0.0639 e. The van der Waals surface area contributed by atoms with Gasteiger partial charge in [0.15, 0.2) is 0 Å². The first-order valence-electron chi connectivity index (χ1n) is 5.81. The van der Waals surface area contributed by atoms with Gasteiger partial charge in [-0.05, 0) is 38.8 Å². The molecule has 0 heterocycles. The summed E-state index contributed by atoms with van der Waals surface area (Å²) in [5, 5.41) is 9.40. The van der Waals surface area contributed by atoms with E-state index < -0.39 is 0 Å². The van der Waals surface area contributed by atoms with Crippen molar-refractivity contribution in [2.45, 2.75) is 45.3 Å². The van der Waals surface area contributed by atoms with Gasteiger partial charge in [-0.25, -0.2) is 0 Å². The van der Waals surface area contributed by atoms with E-state index in [2.05, 4.69) is 11.8 Å². The molecule has 3 N–H and O–H groups in total. The average molecular weight is 200 g/mol. The minimum atomic E-state index is -0.228. The molecule has 84 valence electrons. The third-order valence-electron chi connectivity index (χ3n) is 3.30. The second-order valence-electron chi connectivity index (χ2n) is 4.43. The van der Waals surface area contributed by atoms with E-state index in [1.807, 2.05) is 6.92 Å². The number of nitrogens with two attached hydrogens (primary N) is 1. The molecule has 0 aliphatic heterocycles. The Labute approximate surface area is 87.3 Å². The number of hydrogen-bond donors (Lipinski definition) is 2. The first-order valence-corrected chi connectivity index (χ1v) is 5.81. The highest BCUT2D eigenvalue weighted by Crippen LogP contribution is 2.29. The molecular formula is C11H24N2O. The lowest BCUT2D eigenvalue weighted by atomic mass is 10.0. The molecule has 2 unspecified atom stereocenters. The Balaban J connectivity index is 2.49. The normalized spacial score (nSPS) is 29.8. The van der Waals surface area contributed by atoms with E-state index in [-0.39, 0.29) is 6.10 Å². The summed E-state index contributed by atoms with van der Waals surface area (Å²) in [6.07, 6.45) is 3.58. The Morgan fingerprint density at radius 2 is 2.21 bits per heavy atom. The zero-order chi connectivity index (χ0) is 10.6. The maximum Gasteiger partial charge on any atom is 0.0639 e. The standard InChI is InChI=1S/C11H24N2O/c1-3-13(8-9(2)14)11-6-4-5-10(11)7-12/h9-11,14H,3-8,12H2,1-2H3/t9-,10?,11?/m1/s1. The molecule has 0 saturated heterocycles. The van der Waals surface area contributed by atoms with Crippen molar-refractivity contribution >= 4 is 0 Å². The van der Waals surface area contributed by atoms with Crippen LogP contribution in [0.15, 0.2) is 0 Å². The highest BCUT2D eigenvalue weighted by Gasteiger charge is 2.30. The molecule has 3 atom stereocenters. The third kappa shape index (κ3) is 2.94. The predicted octanol–water partition coefficient (Wildman–Crippen LogP) is 0.816. The molecule has 3 nitrogen and oxygen atoms in total. The summed E-state index contributed by atoms with van der Waals surface area (Å²) in [6.45, 7) is 6.62. The van der Waals surface area contributed by atoms with Crippen molar-refractivity contribution in [2.24, 2.45) is 11.7 Å². The van der Waals surface area contributed by atoms with Gasteiger partial charge in [0, 0.05) is 12.6 Å². The summed E-state index contributed by atoms with van der Waals surface area (Å²) in [4.78, 5) is 2.38. The molecule has 0 radical (unpaired) electrons. The number of nitrogens with zero attached hydrogens (tertiary/aromatic N) is 1. The van der Waals surface area contributed by atoms with Crippen LogP contribution in [0.2, 0.25) is 0 Å². The predicted molar refractivity (Wildman–Crippen MR) is 59.1 cm³/mol.